The van der Waals surface area contributed by atoms with Crippen molar-refractivity contribution in [3.05, 3.63) is 59.7 Å². The van der Waals surface area contributed by atoms with Crippen LogP contribution in [0.5, 0.6) is 5.75 Å². The van der Waals surface area contributed by atoms with Crippen LogP contribution in [0.2, 0.25) is 0 Å². The summed E-state index contributed by atoms with van der Waals surface area (Å²) in [6.45, 7) is 7.70. The van der Waals surface area contributed by atoms with E-state index in [2.05, 4.69) is 46.5 Å². The van der Waals surface area contributed by atoms with Gasteiger partial charge in [0.05, 0.1) is 28.6 Å². The molecular weight excluding hydrogens is 662 g/mol. The monoisotopic (exact) mass is 705 g/mol. The van der Waals surface area contributed by atoms with Crippen LogP contribution in [-0.2, 0) is 9.59 Å². The van der Waals surface area contributed by atoms with Crippen LogP contribution in [0.15, 0.2) is 48.5 Å². The fraction of sp³-hybridized carbons (Fsp3) is 0.474. The lowest BCUT2D eigenvalue weighted by Crippen LogP contribution is -2.61. The number of piperazine rings is 1. The van der Waals surface area contributed by atoms with Gasteiger partial charge in [-0.3, -0.25) is 34.3 Å². The Balaban J connectivity index is 0.777. The number of nitrogens with one attached hydrogen (secondary N) is 2. The summed E-state index contributed by atoms with van der Waals surface area (Å²) in [7, 11) is 0. The molecule has 4 saturated heterocycles. The first kappa shape index (κ1) is 32.8. The van der Waals surface area contributed by atoms with E-state index in [1.165, 1.54) is 0 Å². The number of anilines is 3. The minimum Gasteiger partial charge on any atom is -0.507 e. The van der Waals surface area contributed by atoms with Crippen LogP contribution in [0, 0.1) is 0 Å². The maximum Gasteiger partial charge on any atom is 0.262 e. The Morgan fingerprint density at radius 2 is 1.46 bits per heavy atom. The fourth-order valence-electron chi connectivity index (χ4n) is 9.23. The molecule has 0 aliphatic carbocycles. The van der Waals surface area contributed by atoms with Crippen LogP contribution in [0.4, 0.5) is 17.2 Å². The van der Waals surface area contributed by atoms with Crippen LogP contribution in [0.25, 0.3) is 11.3 Å². The Morgan fingerprint density at radius 3 is 2.25 bits per heavy atom. The number of phenols is 1. The molecule has 3 N–H and O–H groups in total. The average Bonchev–Trinajstić information content (AvgIpc) is 3.42. The number of fused-ring (bicyclic) bond motifs is 4. The van der Waals surface area contributed by atoms with Gasteiger partial charge in [0.15, 0.2) is 5.82 Å². The molecule has 1 aromatic heterocycles. The Kier molecular flexibility index (Phi) is 8.30. The molecule has 2 atom stereocenters. The molecule has 0 spiro atoms. The Hall–Kier alpha value is -5.08. The van der Waals surface area contributed by atoms with Crippen molar-refractivity contribution in [3.63, 3.8) is 0 Å². The summed E-state index contributed by atoms with van der Waals surface area (Å²) in [6.07, 6.45) is 4.64. The third-order valence-electron chi connectivity index (χ3n) is 12.1. The van der Waals surface area contributed by atoms with Crippen LogP contribution in [-0.4, -0.2) is 130 Å². The summed E-state index contributed by atoms with van der Waals surface area (Å²) >= 11 is 0. The zero-order chi connectivity index (χ0) is 35.5. The smallest absolute Gasteiger partial charge is 0.262 e. The summed E-state index contributed by atoms with van der Waals surface area (Å²) in [5, 5.41) is 25.0. The highest BCUT2D eigenvalue weighted by Gasteiger charge is 2.45. The fourth-order valence-corrected chi connectivity index (χ4v) is 9.23. The average molecular weight is 706 g/mol. The number of imide groups is 2. The number of hydrogen-bond acceptors (Lipinski definition) is 12. The van der Waals surface area contributed by atoms with Gasteiger partial charge in [-0.2, -0.15) is 0 Å². The zero-order valence-electron chi connectivity index (χ0n) is 29.0. The van der Waals surface area contributed by atoms with Gasteiger partial charge >= 0.3 is 0 Å². The van der Waals surface area contributed by atoms with Crippen molar-refractivity contribution >= 4 is 40.8 Å². The first-order chi connectivity index (χ1) is 25.3. The van der Waals surface area contributed by atoms with Gasteiger partial charge in [-0.25, -0.2) is 0 Å². The number of rotatable bonds is 5. The van der Waals surface area contributed by atoms with Crippen molar-refractivity contribution < 1.29 is 24.3 Å². The second-order valence-electron chi connectivity index (χ2n) is 14.9. The molecule has 0 radical (unpaired) electrons. The number of carbonyl (C=O) groups excluding carboxylic acids is 4. The normalized spacial score (nSPS) is 24.7. The van der Waals surface area contributed by atoms with Gasteiger partial charge < -0.3 is 25.1 Å². The molecule has 6 aliphatic rings. The van der Waals surface area contributed by atoms with Crippen molar-refractivity contribution in [1.29, 1.82) is 0 Å². The molecule has 0 saturated carbocycles. The summed E-state index contributed by atoms with van der Waals surface area (Å²) in [4.78, 5) is 61.7. The minimum absolute atomic E-state index is 0.104. The second-order valence-corrected chi connectivity index (χ2v) is 14.9. The first-order valence-electron chi connectivity index (χ1n) is 18.6. The van der Waals surface area contributed by atoms with Crippen LogP contribution < -0.4 is 20.4 Å². The molecule has 270 valence electrons. The van der Waals surface area contributed by atoms with Crippen LogP contribution in [0.3, 0.4) is 0 Å². The quantitative estimate of drug-likeness (QED) is 0.334. The maximum atomic E-state index is 13.4. The number of carbonyl (C=O) groups is 4. The molecule has 4 fully saturated rings. The standard InChI is InChI=1S/C38H43N9O5/c48-33-4-2-1-3-28(33)30-20-32-35(42-41-30)39-21-26-22-45(17-18-46(26)32)24-11-13-43(14-12-24)23-9-15-44(16-10-23)25-5-6-27-29(19-25)38(52)47(37(27)51)31-7-8-34(49)40-36(31)50/h1-6,19-20,23-24,26,31,48H,7-18,21-22H2,(H,39,42)(H,40,49,50). The number of nitrogens with zero attached hydrogens (tertiary/aromatic N) is 7. The van der Waals surface area contributed by atoms with E-state index in [0.717, 1.165) is 100 Å². The minimum atomic E-state index is -0.958. The van der Waals surface area contributed by atoms with Gasteiger partial charge in [0, 0.05) is 69.0 Å². The van der Waals surface area contributed by atoms with Crippen molar-refractivity contribution in [3.8, 4) is 17.0 Å². The summed E-state index contributed by atoms with van der Waals surface area (Å²) in [5.41, 5.74) is 3.99. The van der Waals surface area contributed by atoms with Crippen LogP contribution >= 0.6 is 0 Å². The SMILES string of the molecule is O=C1CCC(N2C(=O)c3ccc(N4CCC(N5CCC(N6CCN7c8cc(-c9ccccc9O)nnc8NCC7C6)CC5)CC4)cc3C2=O)C(=O)N1. The molecule has 3 aromatic rings. The number of hydrogen-bond donors (Lipinski definition) is 3. The van der Waals surface area contributed by atoms with Gasteiger partial charge in [-0.1, -0.05) is 12.1 Å². The van der Waals surface area contributed by atoms with Crippen molar-refractivity contribution in [2.24, 2.45) is 0 Å². The number of likely N-dealkylation sites (tertiary alicyclic amines) is 1. The van der Waals surface area contributed by atoms with Gasteiger partial charge in [-0.05, 0) is 81.6 Å². The number of benzene rings is 2. The molecule has 4 amide bonds. The maximum absolute atomic E-state index is 13.4. The lowest BCUT2D eigenvalue weighted by molar-refractivity contribution is -0.136. The molecular formula is C38H43N9O5. The summed E-state index contributed by atoms with van der Waals surface area (Å²) in [5.74, 6) is -0.902. The molecule has 2 aromatic carbocycles. The van der Waals surface area contributed by atoms with E-state index in [1.807, 2.05) is 24.3 Å². The lowest BCUT2D eigenvalue weighted by Gasteiger charge is -2.50. The summed E-state index contributed by atoms with van der Waals surface area (Å²) in [6, 6.07) is 15.2. The van der Waals surface area contributed by atoms with E-state index in [0.29, 0.717) is 40.5 Å². The summed E-state index contributed by atoms with van der Waals surface area (Å²) < 4.78 is 0. The highest BCUT2D eigenvalue weighted by molar-refractivity contribution is 6.23. The van der Waals surface area contributed by atoms with Crippen molar-refractivity contribution in [2.45, 2.75) is 62.7 Å². The molecule has 14 nitrogen and oxygen atoms in total. The topological polar surface area (TPSA) is 155 Å². The highest BCUT2D eigenvalue weighted by Crippen LogP contribution is 2.37. The van der Waals surface area contributed by atoms with E-state index < -0.39 is 23.8 Å². The number of piperidine rings is 3. The number of aromatic hydroxyl groups is 1. The molecule has 6 aliphatic heterocycles. The van der Waals surface area contributed by atoms with E-state index >= 15 is 0 Å². The number of amides is 4. The Bertz CT molecular complexity index is 1940. The number of para-hydroxylation sites is 1. The molecule has 14 heteroatoms. The Morgan fingerprint density at radius 1 is 0.712 bits per heavy atom. The third-order valence-corrected chi connectivity index (χ3v) is 12.1. The molecule has 52 heavy (non-hydrogen) atoms. The van der Waals surface area contributed by atoms with Gasteiger partial charge in [0.25, 0.3) is 11.8 Å². The van der Waals surface area contributed by atoms with Gasteiger partial charge in [0.1, 0.15) is 11.8 Å². The van der Waals surface area contributed by atoms with Crippen molar-refractivity contribution in [1.82, 2.24) is 30.2 Å². The third kappa shape index (κ3) is 5.73. The van der Waals surface area contributed by atoms with E-state index in [9.17, 15) is 24.3 Å². The highest BCUT2D eigenvalue weighted by atomic mass is 16.3. The van der Waals surface area contributed by atoms with E-state index in [1.54, 1.807) is 18.2 Å². The lowest BCUT2D eigenvalue weighted by atomic mass is 9.95. The second kappa shape index (κ2) is 13.2. The first-order valence-corrected chi connectivity index (χ1v) is 18.6. The van der Waals surface area contributed by atoms with E-state index in [4.69, 9.17) is 0 Å². The molecule has 7 heterocycles. The molecule has 2 unspecified atom stereocenters. The van der Waals surface area contributed by atoms with Crippen molar-refractivity contribution in [2.75, 3.05) is 67.5 Å². The number of aromatic nitrogens is 2. The predicted octanol–water partition coefficient (Wildman–Crippen LogP) is 2.30. The van der Waals surface area contributed by atoms with Gasteiger partial charge in [-0.15, -0.1) is 10.2 Å². The Labute approximate surface area is 301 Å². The zero-order valence-corrected chi connectivity index (χ0v) is 29.0. The predicted molar refractivity (Wildman–Crippen MR) is 193 cm³/mol. The number of phenolic OH excluding ortho intramolecular Hbond substituents is 1. The van der Waals surface area contributed by atoms with E-state index in [-0.39, 0.29) is 24.5 Å². The molecule has 9 rings (SSSR count). The molecule has 0 bridgehead atoms. The van der Waals surface area contributed by atoms with Gasteiger partial charge in [0.2, 0.25) is 11.8 Å². The van der Waals surface area contributed by atoms with Crippen LogP contribution in [0.1, 0.15) is 59.2 Å². The largest absolute Gasteiger partial charge is 0.507 e.